The van der Waals surface area contributed by atoms with Gasteiger partial charge in [0.05, 0.1) is 18.0 Å². The Labute approximate surface area is 95.3 Å². The molecule has 0 atom stereocenters. The summed E-state index contributed by atoms with van der Waals surface area (Å²) in [5, 5.41) is 8.67. The summed E-state index contributed by atoms with van der Waals surface area (Å²) in [5.74, 6) is 0.731. The second kappa shape index (κ2) is 4.90. The standard InChI is InChI=1S/C11H15N5/c1-15-3-2-4-16(6-5-15)11-13-8-10(7-12)9-14-11/h8-9H,2-6H2,1H3. The van der Waals surface area contributed by atoms with E-state index in [2.05, 4.69) is 26.8 Å². The second-order valence-corrected chi connectivity index (χ2v) is 4.03. The smallest absolute Gasteiger partial charge is 0.225 e. The fraction of sp³-hybridized carbons (Fsp3) is 0.545. The third-order valence-corrected chi connectivity index (χ3v) is 2.77. The van der Waals surface area contributed by atoms with E-state index < -0.39 is 0 Å². The van der Waals surface area contributed by atoms with Gasteiger partial charge >= 0.3 is 0 Å². The van der Waals surface area contributed by atoms with E-state index in [-0.39, 0.29) is 0 Å². The van der Waals surface area contributed by atoms with Crippen LogP contribution in [-0.2, 0) is 0 Å². The van der Waals surface area contributed by atoms with Crippen LogP contribution in [0, 0.1) is 11.3 Å². The van der Waals surface area contributed by atoms with E-state index in [9.17, 15) is 0 Å². The van der Waals surface area contributed by atoms with Gasteiger partial charge in [0.1, 0.15) is 6.07 Å². The van der Waals surface area contributed by atoms with Gasteiger partial charge in [0.2, 0.25) is 5.95 Å². The van der Waals surface area contributed by atoms with E-state index in [1.807, 2.05) is 6.07 Å². The summed E-state index contributed by atoms with van der Waals surface area (Å²) in [6.45, 7) is 4.08. The highest BCUT2D eigenvalue weighted by Gasteiger charge is 2.14. The first-order chi connectivity index (χ1) is 7.79. The van der Waals surface area contributed by atoms with Crippen LogP contribution in [-0.4, -0.2) is 48.1 Å². The highest BCUT2D eigenvalue weighted by atomic mass is 15.3. The molecular formula is C11H15N5. The first-order valence-corrected chi connectivity index (χ1v) is 5.45. The molecule has 1 aliphatic rings. The predicted octanol–water partition coefficient (Wildman–Crippen LogP) is 0.490. The maximum Gasteiger partial charge on any atom is 0.225 e. The summed E-state index contributed by atoms with van der Waals surface area (Å²) in [5.41, 5.74) is 0.510. The van der Waals surface area contributed by atoms with Gasteiger partial charge in [-0.3, -0.25) is 0 Å². The molecule has 5 nitrogen and oxygen atoms in total. The highest BCUT2D eigenvalue weighted by molar-refractivity contribution is 5.33. The van der Waals surface area contributed by atoms with Crippen LogP contribution < -0.4 is 4.90 Å². The van der Waals surface area contributed by atoms with E-state index in [0.29, 0.717) is 5.56 Å². The normalized spacial score (nSPS) is 17.9. The molecule has 1 aliphatic heterocycles. The first kappa shape index (κ1) is 10.8. The monoisotopic (exact) mass is 217 g/mol. The number of rotatable bonds is 1. The van der Waals surface area contributed by atoms with E-state index in [1.165, 1.54) is 0 Å². The zero-order valence-electron chi connectivity index (χ0n) is 9.43. The maximum atomic E-state index is 8.67. The molecule has 5 heteroatoms. The molecule has 1 saturated heterocycles. The van der Waals surface area contributed by atoms with Crippen LogP contribution in [0.3, 0.4) is 0 Å². The van der Waals surface area contributed by atoms with Crippen molar-refractivity contribution >= 4 is 5.95 Å². The summed E-state index contributed by atoms with van der Waals surface area (Å²) in [4.78, 5) is 12.9. The third kappa shape index (κ3) is 2.47. The molecule has 2 heterocycles. The van der Waals surface area contributed by atoms with Crippen LogP contribution in [0.5, 0.6) is 0 Å². The minimum atomic E-state index is 0.510. The van der Waals surface area contributed by atoms with Crippen LogP contribution >= 0.6 is 0 Å². The van der Waals surface area contributed by atoms with Gasteiger partial charge in [-0.25, -0.2) is 9.97 Å². The summed E-state index contributed by atoms with van der Waals surface area (Å²) in [6, 6.07) is 2.02. The quantitative estimate of drug-likeness (QED) is 0.685. The summed E-state index contributed by atoms with van der Waals surface area (Å²) < 4.78 is 0. The molecule has 1 aromatic rings. The highest BCUT2D eigenvalue weighted by Crippen LogP contribution is 2.10. The Morgan fingerprint density at radius 3 is 2.62 bits per heavy atom. The maximum absolute atomic E-state index is 8.67. The molecule has 0 aliphatic carbocycles. The Balaban J connectivity index is 2.08. The van der Waals surface area contributed by atoms with Gasteiger partial charge in [-0.1, -0.05) is 0 Å². The Kier molecular flexibility index (Phi) is 3.32. The molecule has 0 aromatic carbocycles. The summed E-state index contributed by atoms with van der Waals surface area (Å²) >= 11 is 0. The van der Waals surface area contributed by atoms with Crippen molar-refractivity contribution in [3.8, 4) is 6.07 Å². The average molecular weight is 217 g/mol. The number of nitrogens with zero attached hydrogens (tertiary/aromatic N) is 5. The lowest BCUT2D eigenvalue weighted by atomic mass is 10.4. The van der Waals surface area contributed by atoms with Gasteiger partial charge < -0.3 is 9.80 Å². The Bertz CT molecular complexity index is 380. The predicted molar refractivity (Wildman–Crippen MR) is 61.1 cm³/mol. The minimum Gasteiger partial charge on any atom is -0.339 e. The lowest BCUT2D eigenvalue weighted by Crippen LogP contribution is -2.30. The number of anilines is 1. The lowest BCUT2D eigenvalue weighted by molar-refractivity contribution is 0.360. The van der Waals surface area contributed by atoms with E-state index >= 15 is 0 Å². The van der Waals surface area contributed by atoms with Gasteiger partial charge in [0.15, 0.2) is 0 Å². The van der Waals surface area contributed by atoms with Gasteiger partial charge in [-0.05, 0) is 20.0 Å². The molecule has 0 amide bonds. The third-order valence-electron chi connectivity index (χ3n) is 2.77. The molecule has 1 fully saturated rings. The Morgan fingerprint density at radius 2 is 1.94 bits per heavy atom. The van der Waals surface area contributed by atoms with Gasteiger partial charge in [-0.2, -0.15) is 5.26 Å². The van der Waals surface area contributed by atoms with Crippen molar-refractivity contribution < 1.29 is 0 Å². The minimum absolute atomic E-state index is 0.510. The van der Waals surface area contributed by atoms with E-state index in [4.69, 9.17) is 5.26 Å². The van der Waals surface area contributed by atoms with Crippen molar-refractivity contribution in [2.75, 3.05) is 38.1 Å². The van der Waals surface area contributed by atoms with Crippen molar-refractivity contribution in [2.45, 2.75) is 6.42 Å². The Morgan fingerprint density at radius 1 is 1.19 bits per heavy atom. The van der Waals surface area contributed by atoms with Crippen LogP contribution in [0.2, 0.25) is 0 Å². The number of likely N-dealkylation sites (N-methyl/N-ethyl adjacent to an activating group) is 1. The number of hydrogen-bond acceptors (Lipinski definition) is 5. The number of nitriles is 1. The van der Waals surface area contributed by atoms with Gasteiger partial charge in [0.25, 0.3) is 0 Å². The van der Waals surface area contributed by atoms with Crippen molar-refractivity contribution in [3.63, 3.8) is 0 Å². The largest absolute Gasteiger partial charge is 0.339 e. The second-order valence-electron chi connectivity index (χ2n) is 4.03. The molecule has 0 spiro atoms. The topological polar surface area (TPSA) is 56.0 Å². The van der Waals surface area contributed by atoms with Crippen LogP contribution in [0.15, 0.2) is 12.4 Å². The zero-order chi connectivity index (χ0) is 11.4. The first-order valence-electron chi connectivity index (χ1n) is 5.45. The van der Waals surface area contributed by atoms with Crippen LogP contribution in [0.25, 0.3) is 0 Å². The molecule has 84 valence electrons. The summed E-state index contributed by atoms with van der Waals surface area (Å²) in [6.07, 6.45) is 4.29. The molecule has 0 radical (unpaired) electrons. The molecule has 16 heavy (non-hydrogen) atoms. The number of aromatic nitrogens is 2. The molecule has 0 saturated carbocycles. The molecule has 1 aromatic heterocycles. The molecule has 0 bridgehead atoms. The zero-order valence-corrected chi connectivity index (χ0v) is 9.43. The fourth-order valence-corrected chi connectivity index (χ4v) is 1.79. The van der Waals surface area contributed by atoms with E-state index in [1.54, 1.807) is 12.4 Å². The molecule has 0 unspecified atom stereocenters. The molecule has 2 rings (SSSR count). The number of hydrogen-bond donors (Lipinski definition) is 0. The van der Waals surface area contributed by atoms with Crippen molar-refractivity contribution in [2.24, 2.45) is 0 Å². The van der Waals surface area contributed by atoms with E-state index in [0.717, 1.165) is 38.5 Å². The summed E-state index contributed by atoms with van der Waals surface area (Å²) in [7, 11) is 2.13. The van der Waals surface area contributed by atoms with Crippen LogP contribution in [0.4, 0.5) is 5.95 Å². The molecule has 0 N–H and O–H groups in total. The fourth-order valence-electron chi connectivity index (χ4n) is 1.79. The van der Waals surface area contributed by atoms with Crippen molar-refractivity contribution in [3.05, 3.63) is 18.0 Å². The average Bonchev–Trinajstić information content (AvgIpc) is 2.54. The van der Waals surface area contributed by atoms with Gasteiger partial charge in [-0.15, -0.1) is 0 Å². The SMILES string of the molecule is CN1CCCN(c2ncc(C#N)cn2)CC1. The lowest BCUT2D eigenvalue weighted by Gasteiger charge is -2.19. The Hall–Kier alpha value is -1.67. The van der Waals surface area contributed by atoms with Crippen molar-refractivity contribution in [1.29, 1.82) is 5.26 Å². The van der Waals surface area contributed by atoms with Crippen molar-refractivity contribution in [1.82, 2.24) is 14.9 Å². The van der Waals surface area contributed by atoms with Gasteiger partial charge in [0, 0.05) is 19.6 Å². The molecular weight excluding hydrogens is 202 g/mol. The van der Waals surface area contributed by atoms with Crippen LogP contribution in [0.1, 0.15) is 12.0 Å².